The standard InChI is InChI=1S/C22H23N3O5/c1-14-6-8-16(9-7-14)21(28)24-25-12-17(11-20(25)27)22(29)30-13-19(26)23-18-5-3-4-15(2)10-18/h3-10,17H,11-13H2,1-2H3,(H,23,26)(H,24,28)/t17-/m1/s1. The van der Waals surface area contributed by atoms with Crippen molar-refractivity contribution >= 4 is 29.4 Å². The first-order valence-corrected chi connectivity index (χ1v) is 9.53. The lowest BCUT2D eigenvalue weighted by Crippen LogP contribution is -2.43. The van der Waals surface area contributed by atoms with Gasteiger partial charge in [0.15, 0.2) is 6.61 Å². The van der Waals surface area contributed by atoms with Gasteiger partial charge < -0.3 is 10.1 Å². The first kappa shape index (κ1) is 21.0. The van der Waals surface area contributed by atoms with E-state index in [0.29, 0.717) is 11.3 Å². The minimum absolute atomic E-state index is 0.00519. The topological polar surface area (TPSA) is 105 Å². The molecule has 30 heavy (non-hydrogen) atoms. The second-order valence-corrected chi connectivity index (χ2v) is 7.24. The highest BCUT2D eigenvalue weighted by molar-refractivity contribution is 5.97. The summed E-state index contributed by atoms with van der Waals surface area (Å²) in [5, 5.41) is 3.76. The monoisotopic (exact) mass is 409 g/mol. The maximum absolute atomic E-state index is 12.3. The van der Waals surface area contributed by atoms with Crippen LogP contribution in [0.2, 0.25) is 0 Å². The van der Waals surface area contributed by atoms with E-state index in [0.717, 1.165) is 16.1 Å². The molecule has 0 radical (unpaired) electrons. The summed E-state index contributed by atoms with van der Waals surface area (Å²) >= 11 is 0. The second-order valence-electron chi connectivity index (χ2n) is 7.24. The molecular weight excluding hydrogens is 386 g/mol. The molecule has 0 aromatic heterocycles. The van der Waals surface area contributed by atoms with Gasteiger partial charge in [-0.1, -0.05) is 29.8 Å². The number of benzene rings is 2. The third-order valence-corrected chi connectivity index (χ3v) is 4.66. The van der Waals surface area contributed by atoms with Crippen LogP contribution in [0.3, 0.4) is 0 Å². The fraction of sp³-hybridized carbons (Fsp3) is 0.273. The van der Waals surface area contributed by atoms with Crippen molar-refractivity contribution in [3.05, 3.63) is 65.2 Å². The van der Waals surface area contributed by atoms with Crippen molar-refractivity contribution in [2.75, 3.05) is 18.5 Å². The van der Waals surface area contributed by atoms with Crippen molar-refractivity contribution in [3.63, 3.8) is 0 Å². The van der Waals surface area contributed by atoms with Crippen LogP contribution in [0.25, 0.3) is 0 Å². The smallest absolute Gasteiger partial charge is 0.311 e. The number of amides is 3. The molecule has 1 heterocycles. The average Bonchev–Trinajstić information content (AvgIpc) is 3.07. The van der Waals surface area contributed by atoms with Crippen LogP contribution >= 0.6 is 0 Å². The number of aryl methyl sites for hydroxylation is 2. The van der Waals surface area contributed by atoms with E-state index in [4.69, 9.17) is 4.74 Å². The molecule has 2 N–H and O–H groups in total. The molecule has 1 fully saturated rings. The third-order valence-electron chi connectivity index (χ3n) is 4.66. The van der Waals surface area contributed by atoms with Crippen LogP contribution in [0.1, 0.15) is 27.9 Å². The van der Waals surface area contributed by atoms with Gasteiger partial charge >= 0.3 is 5.97 Å². The maximum atomic E-state index is 12.3. The summed E-state index contributed by atoms with van der Waals surface area (Å²) in [4.78, 5) is 48.6. The third kappa shape index (κ3) is 5.44. The molecule has 8 nitrogen and oxygen atoms in total. The van der Waals surface area contributed by atoms with Crippen molar-refractivity contribution in [1.82, 2.24) is 10.4 Å². The summed E-state index contributed by atoms with van der Waals surface area (Å²) in [6, 6.07) is 14.1. The lowest BCUT2D eigenvalue weighted by Gasteiger charge is -2.17. The van der Waals surface area contributed by atoms with E-state index in [1.807, 2.05) is 19.9 Å². The molecule has 0 aliphatic carbocycles. The van der Waals surface area contributed by atoms with Crippen molar-refractivity contribution in [2.24, 2.45) is 5.92 Å². The van der Waals surface area contributed by atoms with E-state index >= 15 is 0 Å². The molecule has 1 saturated heterocycles. The van der Waals surface area contributed by atoms with Gasteiger partial charge in [0.2, 0.25) is 5.91 Å². The van der Waals surface area contributed by atoms with Gasteiger partial charge in [-0.25, -0.2) is 0 Å². The van der Waals surface area contributed by atoms with Gasteiger partial charge in [0.1, 0.15) is 0 Å². The zero-order valence-electron chi connectivity index (χ0n) is 16.8. The number of esters is 1. The number of carbonyl (C=O) groups is 4. The van der Waals surface area contributed by atoms with Gasteiger partial charge in [-0.2, -0.15) is 0 Å². The molecular formula is C22H23N3O5. The molecule has 0 saturated carbocycles. The SMILES string of the molecule is Cc1ccc(C(=O)NN2C[C@H](C(=O)OCC(=O)Nc3cccc(C)c3)CC2=O)cc1. The van der Waals surface area contributed by atoms with Crippen molar-refractivity contribution in [3.8, 4) is 0 Å². The molecule has 0 bridgehead atoms. The zero-order valence-corrected chi connectivity index (χ0v) is 16.8. The minimum atomic E-state index is -0.748. The minimum Gasteiger partial charge on any atom is -0.455 e. The number of carbonyl (C=O) groups excluding carboxylic acids is 4. The first-order valence-electron chi connectivity index (χ1n) is 9.53. The summed E-state index contributed by atoms with van der Waals surface area (Å²) in [6.07, 6.45) is -0.0908. The Morgan fingerprint density at radius 2 is 1.80 bits per heavy atom. The quantitative estimate of drug-likeness (QED) is 0.710. The Morgan fingerprint density at radius 1 is 1.07 bits per heavy atom. The number of hydrogen-bond acceptors (Lipinski definition) is 5. The molecule has 1 aliphatic rings. The summed E-state index contributed by atoms with van der Waals surface area (Å²) in [7, 11) is 0. The molecule has 8 heteroatoms. The Morgan fingerprint density at radius 3 is 2.50 bits per heavy atom. The summed E-state index contributed by atoms with van der Waals surface area (Å²) in [5.74, 6) is -2.70. The van der Waals surface area contributed by atoms with E-state index < -0.39 is 30.3 Å². The number of anilines is 1. The largest absolute Gasteiger partial charge is 0.455 e. The first-order chi connectivity index (χ1) is 14.3. The fourth-order valence-electron chi connectivity index (χ4n) is 3.04. The highest BCUT2D eigenvalue weighted by Crippen LogP contribution is 2.18. The fourth-order valence-corrected chi connectivity index (χ4v) is 3.04. The number of hydrogen-bond donors (Lipinski definition) is 2. The average molecular weight is 409 g/mol. The summed E-state index contributed by atoms with van der Waals surface area (Å²) in [5.41, 5.74) is 5.53. The van der Waals surface area contributed by atoms with Crippen LogP contribution in [-0.4, -0.2) is 41.9 Å². The second kappa shape index (κ2) is 9.21. The lowest BCUT2D eigenvalue weighted by molar-refractivity contribution is -0.151. The van der Waals surface area contributed by atoms with Crippen LogP contribution in [-0.2, 0) is 19.1 Å². The van der Waals surface area contributed by atoms with Gasteiger partial charge in [0.25, 0.3) is 11.8 Å². The molecule has 156 valence electrons. The van der Waals surface area contributed by atoms with Gasteiger partial charge in [0.05, 0.1) is 12.5 Å². The Bertz CT molecular complexity index is 971. The molecule has 2 aromatic rings. The van der Waals surface area contributed by atoms with Gasteiger partial charge in [-0.3, -0.25) is 29.6 Å². The Labute approximate surface area is 174 Å². The molecule has 3 amide bonds. The summed E-state index contributed by atoms with van der Waals surface area (Å²) < 4.78 is 5.05. The van der Waals surface area contributed by atoms with Gasteiger partial charge in [-0.05, 0) is 43.7 Å². The predicted molar refractivity (Wildman–Crippen MR) is 109 cm³/mol. The number of nitrogens with one attached hydrogen (secondary N) is 2. The highest BCUT2D eigenvalue weighted by atomic mass is 16.5. The van der Waals surface area contributed by atoms with Crippen LogP contribution in [0.4, 0.5) is 5.69 Å². The number of nitrogens with zero attached hydrogens (tertiary/aromatic N) is 1. The number of ether oxygens (including phenoxy) is 1. The Kier molecular flexibility index (Phi) is 6.46. The van der Waals surface area contributed by atoms with E-state index in [1.54, 1.807) is 42.5 Å². The predicted octanol–water partition coefficient (Wildman–Crippen LogP) is 1.98. The van der Waals surface area contributed by atoms with E-state index in [-0.39, 0.29) is 18.9 Å². The van der Waals surface area contributed by atoms with Crippen molar-refractivity contribution in [2.45, 2.75) is 20.3 Å². The van der Waals surface area contributed by atoms with Gasteiger partial charge in [-0.15, -0.1) is 0 Å². The van der Waals surface area contributed by atoms with Crippen LogP contribution in [0.15, 0.2) is 48.5 Å². The van der Waals surface area contributed by atoms with Crippen LogP contribution in [0.5, 0.6) is 0 Å². The molecule has 0 unspecified atom stereocenters. The van der Waals surface area contributed by atoms with Gasteiger partial charge in [0, 0.05) is 17.7 Å². The van der Waals surface area contributed by atoms with Crippen LogP contribution in [0, 0.1) is 19.8 Å². The van der Waals surface area contributed by atoms with Crippen molar-refractivity contribution < 1.29 is 23.9 Å². The Hall–Kier alpha value is -3.68. The number of hydrazine groups is 1. The van der Waals surface area contributed by atoms with E-state index in [2.05, 4.69) is 10.7 Å². The molecule has 0 spiro atoms. The molecule has 2 aromatic carbocycles. The molecule has 3 rings (SSSR count). The molecule has 1 aliphatic heterocycles. The zero-order chi connectivity index (χ0) is 21.7. The Balaban J connectivity index is 1.47. The van der Waals surface area contributed by atoms with Crippen molar-refractivity contribution in [1.29, 1.82) is 0 Å². The summed E-state index contributed by atoms with van der Waals surface area (Å²) in [6.45, 7) is 3.35. The normalized spacial score (nSPS) is 15.6. The lowest BCUT2D eigenvalue weighted by atomic mass is 10.1. The maximum Gasteiger partial charge on any atom is 0.311 e. The van der Waals surface area contributed by atoms with E-state index in [9.17, 15) is 19.2 Å². The van der Waals surface area contributed by atoms with Crippen LogP contribution < -0.4 is 10.7 Å². The molecule has 1 atom stereocenters. The number of rotatable bonds is 6. The highest BCUT2D eigenvalue weighted by Gasteiger charge is 2.36. The van der Waals surface area contributed by atoms with E-state index in [1.165, 1.54) is 0 Å².